The van der Waals surface area contributed by atoms with Crippen molar-refractivity contribution >= 4 is 17.9 Å². The number of rotatable bonds is 5. The molecular formula is C18H18N2O3. The lowest BCUT2D eigenvalue weighted by molar-refractivity contribution is -0.126. The number of hydrogen-bond acceptors (Lipinski definition) is 3. The third kappa shape index (κ3) is 5.32. The number of hydrazine groups is 1. The molecule has 0 aromatic heterocycles. The number of hydrogen-bond donors (Lipinski definition) is 2. The van der Waals surface area contributed by atoms with Crippen LogP contribution in [-0.4, -0.2) is 18.9 Å². The zero-order chi connectivity index (χ0) is 16.5. The van der Waals surface area contributed by atoms with Crippen molar-refractivity contribution in [3.8, 4) is 5.75 Å². The number of ether oxygens (including phenoxy) is 1. The predicted octanol–water partition coefficient (Wildman–Crippen LogP) is 2.10. The van der Waals surface area contributed by atoms with Gasteiger partial charge in [-0.25, -0.2) is 0 Å². The lowest BCUT2D eigenvalue weighted by Gasteiger charge is -2.06. The highest BCUT2D eigenvalue weighted by Gasteiger charge is 2.04. The number of amides is 2. The van der Waals surface area contributed by atoms with Crippen LogP contribution in [0.2, 0.25) is 0 Å². The van der Waals surface area contributed by atoms with E-state index in [0.717, 1.165) is 11.1 Å². The summed E-state index contributed by atoms with van der Waals surface area (Å²) in [6.45, 7) is 0. The van der Waals surface area contributed by atoms with Gasteiger partial charge in [-0.15, -0.1) is 0 Å². The molecule has 5 nitrogen and oxygen atoms in total. The maximum absolute atomic E-state index is 11.7. The van der Waals surface area contributed by atoms with E-state index in [0.29, 0.717) is 5.75 Å². The fourth-order valence-corrected chi connectivity index (χ4v) is 1.97. The minimum Gasteiger partial charge on any atom is -0.496 e. The maximum atomic E-state index is 11.7. The minimum absolute atomic E-state index is 0.206. The second kappa shape index (κ2) is 8.38. The predicted molar refractivity (Wildman–Crippen MR) is 88.5 cm³/mol. The molecule has 0 aliphatic rings. The normalized spacial score (nSPS) is 10.3. The van der Waals surface area contributed by atoms with Gasteiger partial charge in [-0.2, -0.15) is 0 Å². The molecule has 0 unspecified atom stereocenters. The molecule has 2 amide bonds. The van der Waals surface area contributed by atoms with E-state index >= 15 is 0 Å². The topological polar surface area (TPSA) is 67.4 Å². The van der Waals surface area contributed by atoms with Crippen LogP contribution in [0.3, 0.4) is 0 Å². The molecule has 0 saturated carbocycles. The number of benzene rings is 2. The van der Waals surface area contributed by atoms with E-state index in [4.69, 9.17) is 4.74 Å². The van der Waals surface area contributed by atoms with Crippen LogP contribution in [0.1, 0.15) is 11.1 Å². The van der Waals surface area contributed by atoms with Gasteiger partial charge in [0.05, 0.1) is 13.5 Å². The van der Waals surface area contributed by atoms with Crippen LogP contribution in [0.4, 0.5) is 0 Å². The number of para-hydroxylation sites is 1. The lowest BCUT2D eigenvalue weighted by Crippen LogP contribution is -2.41. The molecule has 118 valence electrons. The number of methoxy groups -OCH3 is 1. The second-order valence-electron chi connectivity index (χ2n) is 4.78. The van der Waals surface area contributed by atoms with Crippen LogP contribution >= 0.6 is 0 Å². The lowest BCUT2D eigenvalue weighted by atomic mass is 10.1. The van der Waals surface area contributed by atoms with Gasteiger partial charge in [0.25, 0.3) is 5.91 Å². The van der Waals surface area contributed by atoms with Gasteiger partial charge in [0.2, 0.25) is 5.91 Å². The summed E-state index contributed by atoms with van der Waals surface area (Å²) in [4.78, 5) is 23.4. The first kappa shape index (κ1) is 16.3. The van der Waals surface area contributed by atoms with Crippen molar-refractivity contribution in [1.82, 2.24) is 10.9 Å². The Bertz CT molecular complexity index is 696. The Kier molecular flexibility index (Phi) is 5.94. The molecule has 0 fully saturated rings. The summed E-state index contributed by atoms with van der Waals surface area (Å²) < 4.78 is 5.19. The Balaban J connectivity index is 1.83. The van der Waals surface area contributed by atoms with Gasteiger partial charge in [-0.3, -0.25) is 20.4 Å². The van der Waals surface area contributed by atoms with Gasteiger partial charge in [0.1, 0.15) is 5.75 Å². The van der Waals surface area contributed by atoms with Crippen molar-refractivity contribution in [2.75, 3.05) is 7.11 Å². The van der Waals surface area contributed by atoms with Gasteiger partial charge in [0, 0.05) is 11.6 Å². The Morgan fingerprint density at radius 1 is 1.00 bits per heavy atom. The number of carbonyl (C=O) groups excluding carboxylic acids is 2. The molecule has 2 rings (SSSR count). The van der Waals surface area contributed by atoms with Gasteiger partial charge in [-0.05, 0) is 17.7 Å². The Morgan fingerprint density at radius 2 is 1.70 bits per heavy atom. The molecule has 0 saturated heterocycles. The molecule has 5 heteroatoms. The summed E-state index contributed by atoms with van der Waals surface area (Å²) in [7, 11) is 1.57. The standard InChI is InChI=1S/C18H18N2O3/c1-23-16-10-6-5-9-15(16)11-12-17(21)19-20-18(22)13-14-7-3-2-4-8-14/h2-12H,13H2,1H3,(H,19,21)(H,20,22)/b12-11+. The maximum Gasteiger partial charge on any atom is 0.262 e. The SMILES string of the molecule is COc1ccccc1/C=C/C(=O)NNC(=O)Cc1ccccc1. The summed E-state index contributed by atoms with van der Waals surface area (Å²) in [5.74, 6) is -0.0303. The van der Waals surface area contributed by atoms with Crippen molar-refractivity contribution in [2.24, 2.45) is 0 Å². The van der Waals surface area contributed by atoms with Crippen LogP contribution < -0.4 is 15.6 Å². The van der Waals surface area contributed by atoms with Crippen LogP contribution in [-0.2, 0) is 16.0 Å². The molecule has 2 N–H and O–H groups in total. The molecule has 0 spiro atoms. The fourth-order valence-electron chi connectivity index (χ4n) is 1.97. The van der Waals surface area contributed by atoms with Crippen LogP contribution in [0.5, 0.6) is 5.75 Å². The van der Waals surface area contributed by atoms with Gasteiger partial charge >= 0.3 is 0 Å². The summed E-state index contributed by atoms with van der Waals surface area (Å²) >= 11 is 0. The molecule has 0 atom stereocenters. The Morgan fingerprint density at radius 3 is 2.43 bits per heavy atom. The van der Waals surface area contributed by atoms with E-state index in [2.05, 4.69) is 10.9 Å². The first-order valence-electron chi connectivity index (χ1n) is 7.13. The fraction of sp³-hybridized carbons (Fsp3) is 0.111. The number of carbonyl (C=O) groups is 2. The van der Waals surface area contributed by atoms with Crippen molar-refractivity contribution in [1.29, 1.82) is 0 Å². The average Bonchev–Trinajstić information content (AvgIpc) is 2.59. The Hall–Kier alpha value is -3.08. The molecule has 0 aliphatic heterocycles. The molecule has 0 bridgehead atoms. The molecule has 0 heterocycles. The summed E-state index contributed by atoms with van der Waals surface area (Å²) in [6, 6.07) is 16.6. The molecule has 23 heavy (non-hydrogen) atoms. The van der Waals surface area contributed by atoms with Gasteiger partial charge < -0.3 is 4.74 Å². The highest BCUT2D eigenvalue weighted by Crippen LogP contribution is 2.18. The first-order valence-corrected chi connectivity index (χ1v) is 7.13. The van der Waals surface area contributed by atoms with E-state index in [1.165, 1.54) is 6.08 Å². The van der Waals surface area contributed by atoms with Crippen molar-refractivity contribution in [2.45, 2.75) is 6.42 Å². The third-order valence-corrected chi connectivity index (χ3v) is 3.09. The van der Waals surface area contributed by atoms with E-state index in [9.17, 15) is 9.59 Å². The largest absolute Gasteiger partial charge is 0.496 e. The van der Waals surface area contributed by atoms with Crippen LogP contribution in [0.25, 0.3) is 6.08 Å². The van der Waals surface area contributed by atoms with Crippen molar-refractivity contribution in [3.63, 3.8) is 0 Å². The molecule has 0 aliphatic carbocycles. The summed E-state index contributed by atoms with van der Waals surface area (Å²) in [5, 5.41) is 0. The smallest absolute Gasteiger partial charge is 0.262 e. The Labute approximate surface area is 134 Å². The van der Waals surface area contributed by atoms with Gasteiger partial charge in [0.15, 0.2) is 0 Å². The summed E-state index contributed by atoms with van der Waals surface area (Å²) in [5.41, 5.74) is 6.38. The second-order valence-corrected chi connectivity index (χ2v) is 4.78. The van der Waals surface area contributed by atoms with E-state index in [1.807, 2.05) is 48.5 Å². The quantitative estimate of drug-likeness (QED) is 0.656. The van der Waals surface area contributed by atoms with E-state index < -0.39 is 5.91 Å². The van der Waals surface area contributed by atoms with Gasteiger partial charge in [-0.1, -0.05) is 48.5 Å². The van der Waals surface area contributed by atoms with E-state index in [1.54, 1.807) is 19.3 Å². The van der Waals surface area contributed by atoms with Crippen LogP contribution in [0, 0.1) is 0 Å². The molecule has 2 aromatic rings. The van der Waals surface area contributed by atoms with E-state index in [-0.39, 0.29) is 12.3 Å². The highest BCUT2D eigenvalue weighted by molar-refractivity contribution is 5.93. The zero-order valence-electron chi connectivity index (χ0n) is 12.8. The average molecular weight is 310 g/mol. The van der Waals surface area contributed by atoms with Crippen molar-refractivity contribution < 1.29 is 14.3 Å². The third-order valence-electron chi connectivity index (χ3n) is 3.09. The first-order chi connectivity index (χ1) is 11.2. The minimum atomic E-state index is -0.419. The molecular weight excluding hydrogens is 292 g/mol. The highest BCUT2D eigenvalue weighted by atomic mass is 16.5. The monoisotopic (exact) mass is 310 g/mol. The number of nitrogens with one attached hydrogen (secondary N) is 2. The van der Waals surface area contributed by atoms with Crippen molar-refractivity contribution in [3.05, 3.63) is 71.8 Å². The zero-order valence-corrected chi connectivity index (χ0v) is 12.8. The molecule has 0 radical (unpaired) electrons. The van der Waals surface area contributed by atoms with Crippen LogP contribution in [0.15, 0.2) is 60.7 Å². The molecule has 2 aromatic carbocycles. The summed E-state index contributed by atoms with van der Waals surface area (Å²) in [6.07, 6.45) is 3.16.